The number of aliphatic hydroxyl groups excluding tert-OH is 1. The molecule has 5 rings (SSSR count). The van der Waals surface area contributed by atoms with Crippen LogP contribution in [-0.2, 0) is 9.59 Å². The molecule has 0 aromatic carbocycles. The predicted molar refractivity (Wildman–Crippen MR) is 132 cm³/mol. The molecule has 5 saturated carbocycles. The first-order chi connectivity index (χ1) is 15.2. The number of carbonyl (C=O) groups excluding carboxylic acids is 2. The Bertz CT molecular complexity index is 876. The fourth-order valence-electron chi connectivity index (χ4n) is 11.1. The molecule has 0 spiro atoms. The van der Waals surface area contributed by atoms with E-state index in [1.807, 2.05) is 6.92 Å². The predicted octanol–water partition coefficient (Wildman–Crippen LogP) is 6.61. The zero-order valence-electron chi connectivity index (χ0n) is 22.4. The lowest BCUT2D eigenvalue weighted by molar-refractivity contribution is -0.256. The van der Waals surface area contributed by atoms with Crippen molar-refractivity contribution in [3.05, 3.63) is 0 Å². The standard InChI is InChI=1S/C30H48O3/c1-19-20(32)16-21(33)24-27(5)13-15-29(7)23-17-25(2,3)10-11-26(23,4)12-14-28(29,6)22(27)8-9-30(19,24)18-31/h19,22-24,31H,8-18H2,1-7H3/t19-,22-,23+,24-,26+,27+,28+,29-,30-/m0/s1. The van der Waals surface area contributed by atoms with Gasteiger partial charge in [-0.3, -0.25) is 9.59 Å². The summed E-state index contributed by atoms with van der Waals surface area (Å²) in [6.07, 6.45) is 10.8. The minimum Gasteiger partial charge on any atom is -0.396 e. The molecule has 5 aliphatic rings. The summed E-state index contributed by atoms with van der Waals surface area (Å²) in [4.78, 5) is 26.3. The molecule has 3 heteroatoms. The lowest BCUT2D eigenvalue weighted by Crippen LogP contribution is -2.69. The summed E-state index contributed by atoms with van der Waals surface area (Å²) in [5.41, 5.74) is 0.712. The lowest BCUT2D eigenvalue weighted by Gasteiger charge is -2.74. The van der Waals surface area contributed by atoms with E-state index in [0.29, 0.717) is 22.2 Å². The monoisotopic (exact) mass is 456 g/mol. The summed E-state index contributed by atoms with van der Waals surface area (Å²) in [6.45, 7) is 17.1. The summed E-state index contributed by atoms with van der Waals surface area (Å²) >= 11 is 0. The number of fused-ring (bicyclic) bond motifs is 7. The van der Waals surface area contributed by atoms with E-state index < -0.39 is 5.41 Å². The third-order valence-electron chi connectivity index (χ3n) is 13.5. The highest BCUT2D eigenvalue weighted by molar-refractivity contribution is 6.05. The molecular weight excluding hydrogens is 408 g/mol. The van der Waals surface area contributed by atoms with Gasteiger partial charge in [-0.15, -0.1) is 0 Å². The minimum absolute atomic E-state index is 0.0263. The Morgan fingerprint density at radius 1 is 0.788 bits per heavy atom. The highest BCUT2D eigenvalue weighted by Crippen LogP contribution is 2.78. The summed E-state index contributed by atoms with van der Waals surface area (Å²) in [5.74, 6) is 1.04. The summed E-state index contributed by atoms with van der Waals surface area (Å²) in [7, 11) is 0. The Labute approximate surface area is 201 Å². The molecule has 0 saturated heterocycles. The van der Waals surface area contributed by atoms with Gasteiger partial charge in [0.15, 0.2) is 0 Å². The second-order valence-corrected chi connectivity index (χ2v) is 15.2. The second-order valence-electron chi connectivity index (χ2n) is 15.2. The van der Waals surface area contributed by atoms with Crippen molar-refractivity contribution >= 4 is 11.6 Å². The summed E-state index contributed by atoms with van der Waals surface area (Å²) in [5, 5.41) is 10.7. The van der Waals surface area contributed by atoms with Crippen LogP contribution in [0.2, 0.25) is 0 Å². The van der Waals surface area contributed by atoms with Crippen molar-refractivity contribution in [2.45, 2.75) is 113 Å². The number of Topliss-reactive ketones (excluding diaryl/α,β-unsaturated/α-hetero) is 2. The quantitative estimate of drug-likeness (QED) is 0.452. The van der Waals surface area contributed by atoms with Crippen LogP contribution in [0.3, 0.4) is 0 Å². The molecule has 3 nitrogen and oxygen atoms in total. The first kappa shape index (κ1) is 24.0. The van der Waals surface area contributed by atoms with E-state index in [2.05, 4.69) is 41.5 Å². The third-order valence-corrected chi connectivity index (χ3v) is 13.5. The van der Waals surface area contributed by atoms with Gasteiger partial charge in [-0.05, 0) is 96.7 Å². The molecule has 5 fully saturated rings. The van der Waals surface area contributed by atoms with Crippen LogP contribution in [0.5, 0.6) is 0 Å². The molecule has 0 unspecified atom stereocenters. The Morgan fingerprint density at radius 3 is 2.06 bits per heavy atom. The largest absolute Gasteiger partial charge is 0.396 e. The van der Waals surface area contributed by atoms with E-state index in [1.165, 1.54) is 38.5 Å². The first-order valence-corrected chi connectivity index (χ1v) is 13.9. The molecule has 0 amide bonds. The second kappa shape index (κ2) is 6.95. The van der Waals surface area contributed by atoms with E-state index in [0.717, 1.165) is 25.2 Å². The van der Waals surface area contributed by atoms with Gasteiger partial charge >= 0.3 is 0 Å². The molecule has 0 heterocycles. The molecule has 186 valence electrons. The Balaban J connectivity index is 1.59. The SMILES string of the molecule is C[C@H]1C(=O)CC(=O)[C@H]2[C@]3(C)CC[C@@]4(C)[C@@H]5CC(C)(C)CC[C@]5(C)CC[C@]4(C)[C@H]3CC[C@]12CO. The van der Waals surface area contributed by atoms with Gasteiger partial charge in [0.1, 0.15) is 11.6 Å². The number of carbonyl (C=O) groups is 2. The van der Waals surface area contributed by atoms with Crippen molar-refractivity contribution in [3.8, 4) is 0 Å². The molecular formula is C30H48O3. The van der Waals surface area contributed by atoms with Gasteiger partial charge in [-0.1, -0.05) is 48.5 Å². The van der Waals surface area contributed by atoms with Gasteiger partial charge in [-0.25, -0.2) is 0 Å². The van der Waals surface area contributed by atoms with E-state index in [9.17, 15) is 14.7 Å². The number of aliphatic hydroxyl groups is 1. The average Bonchev–Trinajstić information content (AvgIpc) is 2.74. The van der Waals surface area contributed by atoms with Gasteiger partial charge in [0.2, 0.25) is 0 Å². The lowest BCUT2D eigenvalue weighted by atomic mass is 9.30. The fourth-order valence-corrected chi connectivity index (χ4v) is 11.1. The maximum atomic E-state index is 13.6. The van der Waals surface area contributed by atoms with Gasteiger partial charge < -0.3 is 5.11 Å². The normalized spacial score (nSPS) is 55.8. The number of hydrogen-bond donors (Lipinski definition) is 1. The number of hydrogen-bond acceptors (Lipinski definition) is 3. The summed E-state index contributed by atoms with van der Waals surface area (Å²) in [6, 6.07) is 0. The zero-order valence-corrected chi connectivity index (χ0v) is 22.4. The summed E-state index contributed by atoms with van der Waals surface area (Å²) < 4.78 is 0. The van der Waals surface area contributed by atoms with Crippen LogP contribution in [0.15, 0.2) is 0 Å². The molecule has 0 aliphatic heterocycles. The molecule has 0 aromatic rings. The van der Waals surface area contributed by atoms with Crippen molar-refractivity contribution in [2.75, 3.05) is 6.61 Å². The van der Waals surface area contributed by atoms with Crippen LogP contribution in [0, 0.1) is 56.2 Å². The number of rotatable bonds is 1. The van der Waals surface area contributed by atoms with Crippen molar-refractivity contribution in [1.82, 2.24) is 0 Å². The minimum atomic E-state index is -0.544. The van der Waals surface area contributed by atoms with Gasteiger partial charge in [0, 0.05) is 17.3 Å². The Hall–Kier alpha value is -0.700. The Morgan fingerprint density at radius 2 is 1.39 bits per heavy atom. The van der Waals surface area contributed by atoms with Gasteiger partial charge in [0.05, 0.1) is 13.0 Å². The molecule has 1 N–H and O–H groups in total. The third kappa shape index (κ3) is 2.84. The molecule has 5 aliphatic carbocycles. The van der Waals surface area contributed by atoms with Crippen LogP contribution in [-0.4, -0.2) is 23.3 Å². The average molecular weight is 457 g/mol. The van der Waals surface area contributed by atoms with Crippen LogP contribution in [0.25, 0.3) is 0 Å². The highest BCUT2D eigenvalue weighted by Gasteiger charge is 2.72. The van der Waals surface area contributed by atoms with E-state index >= 15 is 0 Å². The highest BCUT2D eigenvalue weighted by atomic mass is 16.3. The van der Waals surface area contributed by atoms with Crippen molar-refractivity contribution in [3.63, 3.8) is 0 Å². The van der Waals surface area contributed by atoms with Crippen molar-refractivity contribution < 1.29 is 14.7 Å². The molecule has 9 atom stereocenters. The molecule has 33 heavy (non-hydrogen) atoms. The topological polar surface area (TPSA) is 54.4 Å². The zero-order chi connectivity index (χ0) is 24.2. The van der Waals surface area contributed by atoms with Gasteiger partial charge in [0.25, 0.3) is 0 Å². The fraction of sp³-hybridized carbons (Fsp3) is 0.933. The Kier molecular flexibility index (Phi) is 5.06. The maximum absolute atomic E-state index is 13.6. The van der Waals surface area contributed by atoms with Gasteiger partial charge in [-0.2, -0.15) is 0 Å². The van der Waals surface area contributed by atoms with Crippen LogP contribution < -0.4 is 0 Å². The first-order valence-electron chi connectivity index (χ1n) is 13.9. The van der Waals surface area contributed by atoms with Crippen molar-refractivity contribution in [1.29, 1.82) is 0 Å². The van der Waals surface area contributed by atoms with E-state index in [-0.39, 0.29) is 47.3 Å². The van der Waals surface area contributed by atoms with E-state index in [1.54, 1.807) is 0 Å². The maximum Gasteiger partial charge on any atom is 0.144 e. The smallest absolute Gasteiger partial charge is 0.144 e. The molecule has 0 radical (unpaired) electrons. The van der Waals surface area contributed by atoms with Crippen molar-refractivity contribution in [2.24, 2.45) is 56.2 Å². The van der Waals surface area contributed by atoms with Crippen LogP contribution >= 0.6 is 0 Å². The van der Waals surface area contributed by atoms with E-state index in [4.69, 9.17) is 0 Å². The van der Waals surface area contributed by atoms with Crippen LogP contribution in [0.1, 0.15) is 113 Å². The molecule has 0 bridgehead atoms. The van der Waals surface area contributed by atoms with Crippen LogP contribution in [0.4, 0.5) is 0 Å². The number of ketones is 2. The molecule has 0 aromatic heterocycles.